The molecule has 6 rings (SSSR count). The van der Waals surface area contributed by atoms with Crippen LogP contribution in [-0.4, -0.2) is 66.3 Å². The van der Waals surface area contributed by atoms with Gasteiger partial charge in [-0.25, -0.2) is 8.78 Å². The van der Waals surface area contributed by atoms with Crippen molar-refractivity contribution in [3.05, 3.63) is 74.4 Å². The van der Waals surface area contributed by atoms with Gasteiger partial charge in [0.2, 0.25) is 11.8 Å². The van der Waals surface area contributed by atoms with Gasteiger partial charge in [0.25, 0.3) is 5.56 Å². The summed E-state index contributed by atoms with van der Waals surface area (Å²) in [4.78, 5) is 40.1. The van der Waals surface area contributed by atoms with Crippen molar-refractivity contribution in [1.82, 2.24) is 14.8 Å². The van der Waals surface area contributed by atoms with Crippen molar-refractivity contribution in [3.63, 3.8) is 0 Å². The molecule has 0 bridgehead atoms. The number of carbonyl (C=O) groups is 2. The van der Waals surface area contributed by atoms with E-state index in [4.69, 9.17) is 16.3 Å². The van der Waals surface area contributed by atoms with Crippen LogP contribution >= 0.6 is 11.6 Å². The predicted octanol–water partition coefficient (Wildman–Crippen LogP) is 5.91. The molecule has 3 aliphatic heterocycles. The third-order valence-corrected chi connectivity index (χ3v) is 11.1. The lowest BCUT2D eigenvalue weighted by Crippen LogP contribution is -2.49. The number of hydrogen-bond acceptors (Lipinski definition) is 7. The Hall–Kier alpha value is -3.96. The van der Waals surface area contributed by atoms with Crippen molar-refractivity contribution in [2.24, 2.45) is 13.0 Å². The Morgan fingerprint density at radius 3 is 2.39 bits per heavy atom. The Kier molecular flexibility index (Phi) is 10.0. The molecule has 12 heteroatoms. The van der Waals surface area contributed by atoms with Gasteiger partial charge in [-0.3, -0.25) is 24.6 Å². The zero-order valence-electron chi connectivity index (χ0n) is 28.5. The van der Waals surface area contributed by atoms with Gasteiger partial charge in [0, 0.05) is 79.8 Å². The molecule has 4 heterocycles. The molecule has 0 radical (unpaired) electrons. The Morgan fingerprint density at radius 1 is 1.02 bits per heavy atom. The van der Waals surface area contributed by atoms with Crippen LogP contribution in [0, 0.1) is 25.6 Å². The summed E-state index contributed by atoms with van der Waals surface area (Å²) < 4.78 is 39.0. The van der Waals surface area contributed by atoms with Gasteiger partial charge in [-0.2, -0.15) is 0 Å². The van der Waals surface area contributed by atoms with Gasteiger partial charge in [0.05, 0.1) is 12.8 Å². The van der Waals surface area contributed by atoms with Crippen LogP contribution in [0.5, 0.6) is 5.75 Å². The predicted molar refractivity (Wildman–Crippen MR) is 188 cm³/mol. The van der Waals surface area contributed by atoms with Crippen LogP contribution in [0.1, 0.15) is 55.2 Å². The molecule has 3 aromatic rings. The lowest BCUT2D eigenvalue weighted by Gasteiger charge is -2.45. The quantitative estimate of drug-likeness (QED) is 0.283. The lowest BCUT2D eigenvalue weighted by atomic mass is 9.76. The first-order valence-corrected chi connectivity index (χ1v) is 17.3. The van der Waals surface area contributed by atoms with E-state index >= 15 is 8.78 Å². The molecule has 2 aromatic carbocycles. The number of aromatic nitrogens is 1. The summed E-state index contributed by atoms with van der Waals surface area (Å²) in [6.45, 7) is 6.60. The highest BCUT2D eigenvalue weighted by Gasteiger charge is 2.43. The average Bonchev–Trinajstić information content (AvgIpc) is 3.08. The number of anilines is 2. The third kappa shape index (κ3) is 7.19. The normalized spacial score (nSPS) is 20.3. The number of alkyl halides is 1. The number of methoxy groups -OCH3 is 1. The van der Waals surface area contributed by atoms with Crippen molar-refractivity contribution in [2.75, 3.05) is 43.5 Å². The van der Waals surface area contributed by atoms with Crippen LogP contribution < -0.4 is 25.8 Å². The molecule has 1 aromatic heterocycles. The van der Waals surface area contributed by atoms with Crippen LogP contribution in [-0.2, 0) is 23.2 Å². The Balaban J connectivity index is 1.05. The molecule has 1 unspecified atom stereocenters. The van der Waals surface area contributed by atoms with Crippen LogP contribution in [0.4, 0.5) is 20.2 Å². The smallest absolute Gasteiger partial charge is 0.253 e. The first kappa shape index (κ1) is 34.9. The van der Waals surface area contributed by atoms with E-state index in [9.17, 15) is 14.4 Å². The number of nitrogens with zero attached hydrogens (tertiary/aromatic N) is 3. The number of benzene rings is 2. The number of hydrogen-bond donors (Lipinski definition) is 2. The van der Waals surface area contributed by atoms with Crippen LogP contribution in [0.15, 0.2) is 41.3 Å². The Labute approximate surface area is 290 Å². The van der Waals surface area contributed by atoms with Crippen molar-refractivity contribution in [3.8, 4) is 16.9 Å². The maximum atomic E-state index is 16.5. The number of nitrogens with one attached hydrogen (secondary N) is 2. The van der Waals surface area contributed by atoms with E-state index in [0.29, 0.717) is 92.5 Å². The second-order valence-electron chi connectivity index (χ2n) is 13.7. The molecule has 0 saturated carbocycles. The molecule has 9 nitrogen and oxygen atoms in total. The fourth-order valence-corrected chi connectivity index (χ4v) is 7.88. The van der Waals surface area contributed by atoms with Gasteiger partial charge in [-0.1, -0.05) is 11.6 Å². The number of piperidine rings is 3. The van der Waals surface area contributed by atoms with Gasteiger partial charge >= 0.3 is 0 Å². The fraction of sp³-hybridized carbons (Fsp3) is 0.486. The number of carbonyl (C=O) groups excluding carboxylic acids is 2. The van der Waals surface area contributed by atoms with E-state index in [0.717, 1.165) is 22.3 Å². The minimum Gasteiger partial charge on any atom is -0.496 e. The number of pyridine rings is 1. The van der Waals surface area contributed by atoms with Gasteiger partial charge < -0.3 is 19.5 Å². The molecule has 3 aliphatic rings. The van der Waals surface area contributed by atoms with Crippen LogP contribution in [0.2, 0.25) is 5.02 Å². The molecule has 2 amide bonds. The summed E-state index contributed by atoms with van der Waals surface area (Å²) in [5.41, 5.74) is 3.86. The number of halogens is 3. The minimum absolute atomic E-state index is 0.0303. The Morgan fingerprint density at radius 2 is 1.73 bits per heavy atom. The van der Waals surface area contributed by atoms with Crippen molar-refractivity contribution >= 4 is 34.8 Å². The minimum atomic E-state index is -1.28. The molecule has 0 aliphatic carbocycles. The van der Waals surface area contributed by atoms with E-state index in [2.05, 4.69) is 15.5 Å². The average molecular weight is 696 g/mol. The molecule has 1 atom stereocenters. The highest BCUT2D eigenvalue weighted by atomic mass is 35.5. The molecule has 49 heavy (non-hydrogen) atoms. The van der Waals surface area contributed by atoms with Gasteiger partial charge in [0.1, 0.15) is 23.3 Å². The molecule has 3 fully saturated rings. The summed E-state index contributed by atoms with van der Waals surface area (Å²) >= 11 is 6.85. The van der Waals surface area contributed by atoms with Crippen molar-refractivity contribution in [1.29, 1.82) is 0 Å². The topological polar surface area (TPSA) is 95.9 Å². The van der Waals surface area contributed by atoms with Gasteiger partial charge in [-0.15, -0.1) is 0 Å². The number of aryl methyl sites for hydroxylation is 1. The van der Waals surface area contributed by atoms with E-state index in [1.165, 1.54) is 6.07 Å². The molecule has 0 spiro atoms. The molecule has 3 saturated heterocycles. The van der Waals surface area contributed by atoms with Crippen molar-refractivity contribution in [2.45, 2.75) is 70.6 Å². The lowest BCUT2D eigenvalue weighted by molar-refractivity contribution is -0.133. The van der Waals surface area contributed by atoms with Crippen LogP contribution in [0.25, 0.3) is 11.1 Å². The maximum Gasteiger partial charge on any atom is 0.253 e. The number of rotatable bonds is 8. The molecule has 262 valence electrons. The maximum absolute atomic E-state index is 16.5. The van der Waals surface area contributed by atoms with E-state index in [-0.39, 0.29) is 23.8 Å². The highest BCUT2D eigenvalue weighted by molar-refractivity contribution is 6.32. The van der Waals surface area contributed by atoms with Gasteiger partial charge in [-0.05, 0) is 93.3 Å². The standard InChI is InChI=1S/C37H44ClF2N5O4/c1-22-23(2)36(48)43(3)20-27(22)24-17-29(38)28(33(18-24)49-4)21-44-15-11-37(40,12-16-44)25-9-13-45(14-10-25)32-7-5-26(19-30(32)39)41-31-6-8-34(46)42-35(31)47/h5,7,17-20,25,31,41H,6,8-16,21H2,1-4H3,(H,42,46,47). The van der Waals surface area contributed by atoms with E-state index in [1.54, 1.807) is 30.9 Å². The number of likely N-dealkylation sites (tertiary alicyclic amines) is 1. The second kappa shape index (κ2) is 14.1. The Bertz CT molecular complexity index is 1820. The summed E-state index contributed by atoms with van der Waals surface area (Å²) in [7, 11) is 3.35. The molecule has 2 N–H and O–H groups in total. The SMILES string of the molecule is COc1cc(-c2cn(C)c(=O)c(C)c2C)cc(Cl)c1CN1CCC(F)(C2CCN(c3ccc(NC4CCC(=O)NC4=O)cc3F)CC2)CC1. The number of ether oxygens (including phenoxy) is 1. The number of amides is 2. The molecular formula is C37H44ClF2N5O4. The number of imide groups is 1. The largest absolute Gasteiger partial charge is 0.496 e. The summed E-state index contributed by atoms with van der Waals surface area (Å²) in [5.74, 6) is -0.555. The summed E-state index contributed by atoms with van der Waals surface area (Å²) in [5, 5.41) is 5.89. The first-order valence-electron chi connectivity index (χ1n) is 17.0. The zero-order chi connectivity index (χ0) is 35.0. The zero-order valence-corrected chi connectivity index (χ0v) is 29.3. The highest BCUT2D eigenvalue weighted by Crippen LogP contribution is 2.42. The molecular weight excluding hydrogens is 652 g/mol. The summed E-state index contributed by atoms with van der Waals surface area (Å²) in [6.07, 6.45) is 4.53. The first-order chi connectivity index (χ1) is 23.4. The van der Waals surface area contributed by atoms with E-state index in [1.807, 2.05) is 37.1 Å². The van der Waals surface area contributed by atoms with Gasteiger partial charge in [0.15, 0.2) is 0 Å². The van der Waals surface area contributed by atoms with Crippen molar-refractivity contribution < 1.29 is 23.1 Å². The second-order valence-corrected chi connectivity index (χ2v) is 14.1. The summed E-state index contributed by atoms with van der Waals surface area (Å²) in [6, 6.07) is 8.09. The monoisotopic (exact) mass is 695 g/mol. The van der Waals surface area contributed by atoms with E-state index < -0.39 is 23.4 Å². The third-order valence-electron chi connectivity index (χ3n) is 10.8. The fourth-order valence-electron chi connectivity index (χ4n) is 7.61. The van der Waals surface area contributed by atoms with Crippen LogP contribution in [0.3, 0.4) is 0 Å².